The summed E-state index contributed by atoms with van der Waals surface area (Å²) in [6.45, 7) is 6.61. The van der Waals surface area contributed by atoms with Crippen molar-refractivity contribution < 1.29 is 0 Å². The Morgan fingerprint density at radius 3 is 1.70 bits per heavy atom. The van der Waals surface area contributed by atoms with E-state index in [1.54, 1.807) is 0 Å². The van der Waals surface area contributed by atoms with Crippen molar-refractivity contribution in [1.29, 1.82) is 0 Å². The Morgan fingerprint density at radius 1 is 0.700 bits per heavy atom. The average molecular weight is 279 g/mol. The molecule has 0 aromatic heterocycles. The van der Waals surface area contributed by atoms with Gasteiger partial charge in [-0.25, -0.2) is 0 Å². The van der Waals surface area contributed by atoms with Gasteiger partial charge in [0, 0.05) is 0 Å². The van der Waals surface area contributed by atoms with Gasteiger partial charge in [-0.05, 0) is 33.1 Å². The topological polar surface area (TPSA) is 0 Å². The van der Waals surface area contributed by atoms with E-state index < -0.39 is 0 Å². The van der Waals surface area contributed by atoms with Crippen LogP contribution in [0.3, 0.4) is 0 Å². The third kappa shape index (κ3) is 15.5. The van der Waals surface area contributed by atoms with Crippen LogP contribution in [-0.2, 0) is 0 Å². The van der Waals surface area contributed by atoms with E-state index in [1.807, 2.05) is 0 Å². The van der Waals surface area contributed by atoms with Gasteiger partial charge in [0.05, 0.1) is 0 Å². The zero-order valence-corrected chi connectivity index (χ0v) is 14.4. The van der Waals surface area contributed by atoms with E-state index in [0.717, 1.165) is 6.42 Å². The second kappa shape index (κ2) is 16.5. The van der Waals surface area contributed by atoms with Crippen LogP contribution in [0.5, 0.6) is 0 Å². The van der Waals surface area contributed by atoms with E-state index in [0.29, 0.717) is 0 Å². The second-order valence-corrected chi connectivity index (χ2v) is 6.13. The molecule has 0 atom stereocenters. The van der Waals surface area contributed by atoms with Crippen molar-refractivity contribution in [2.45, 2.75) is 104 Å². The van der Waals surface area contributed by atoms with E-state index in [-0.39, 0.29) is 0 Å². The molecule has 0 aliphatic heterocycles. The Kier molecular flexibility index (Phi) is 16.1. The molecular weight excluding hydrogens is 240 g/mol. The average Bonchev–Trinajstić information content (AvgIpc) is 2.47. The molecule has 0 amide bonds. The molecule has 0 aromatic carbocycles. The molecule has 20 heavy (non-hydrogen) atoms. The molecule has 0 nitrogen and oxygen atoms in total. The highest BCUT2D eigenvalue weighted by Gasteiger charge is 1.92. The number of unbranched alkanes of at least 4 members (excludes halogenated alkanes) is 11. The summed E-state index contributed by atoms with van der Waals surface area (Å²) >= 11 is 0. The summed E-state index contributed by atoms with van der Waals surface area (Å²) in [6.07, 6.45) is 25.1. The number of rotatable bonds is 14. The molecule has 0 saturated carbocycles. The lowest BCUT2D eigenvalue weighted by Crippen LogP contribution is -1.82. The Balaban J connectivity index is 3.10. The van der Waals surface area contributed by atoms with Crippen LogP contribution in [0.15, 0.2) is 23.8 Å². The minimum absolute atomic E-state index is 1.13. The number of hydrogen-bond acceptors (Lipinski definition) is 0. The van der Waals surface area contributed by atoms with E-state index >= 15 is 0 Å². The lowest BCUT2D eigenvalue weighted by molar-refractivity contribution is 0.550. The smallest absolute Gasteiger partial charge is 0.0142 e. The molecule has 0 heterocycles. The highest BCUT2D eigenvalue weighted by molar-refractivity contribution is 5.02. The van der Waals surface area contributed by atoms with Crippen LogP contribution in [0.1, 0.15) is 104 Å². The molecule has 0 heteroatoms. The molecule has 0 aliphatic rings. The summed E-state index contributed by atoms with van der Waals surface area (Å²) in [7, 11) is 0. The van der Waals surface area contributed by atoms with Gasteiger partial charge in [-0.1, -0.05) is 94.9 Å². The van der Waals surface area contributed by atoms with Crippen molar-refractivity contribution in [2.75, 3.05) is 0 Å². The summed E-state index contributed by atoms with van der Waals surface area (Å²) in [5, 5.41) is 0. The zero-order chi connectivity index (χ0) is 14.9. The lowest BCUT2D eigenvalue weighted by atomic mass is 10.1. The fourth-order valence-electron chi connectivity index (χ4n) is 2.43. The first-order valence-corrected chi connectivity index (χ1v) is 9.08. The molecule has 0 unspecified atom stereocenters. The largest absolute Gasteiger partial charge is 0.0884 e. The molecule has 118 valence electrons. The Labute approximate surface area is 128 Å². The van der Waals surface area contributed by atoms with Crippen molar-refractivity contribution >= 4 is 0 Å². The maximum absolute atomic E-state index is 2.36. The van der Waals surface area contributed by atoms with Gasteiger partial charge < -0.3 is 0 Å². The molecule has 0 saturated heterocycles. The summed E-state index contributed by atoms with van der Waals surface area (Å²) in [4.78, 5) is 0. The second-order valence-electron chi connectivity index (χ2n) is 6.13. The van der Waals surface area contributed by atoms with Crippen LogP contribution in [-0.4, -0.2) is 0 Å². The van der Waals surface area contributed by atoms with Crippen molar-refractivity contribution in [3.05, 3.63) is 23.8 Å². The summed E-state index contributed by atoms with van der Waals surface area (Å²) < 4.78 is 0. The van der Waals surface area contributed by atoms with Gasteiger partial charge in [0.15, 0.2) is 0 Å². The van der Waals surface area contributed by atoms with Crippen LogP contribution < -0.4 is 0 Å². The van der Waals surface area contributed by atoms with Crippen LogP contribution >= 0.6 is 0 Å². The fraction of sp³-hybridized carbons (Fsp3) is 0.800. The van der Waals surface area contributed by atoms with Gasteiger partial charge >= 0.3 is 0 Å². The van der Waals surface area contributed by atoms with E-state index in [2.05, 4.69) is 39.0 Å². The third-order valence-electron chi connectivity index (χ3n) is 4.07. The monoisotopic (exact) mass is 278 g/mol. The Bertz CT molecular complexity index is 234. The first kappa shape index (κ1) is 19.5. The number of allylic oxidation sites excluding steroid dienone is 4. The quantitative estimate of drug-likeness (QED) is 0.227. The van der Waals surface area contributed by atoms with Gasteiger partial charge in [0.2, 0.25) is 0 Å². The maximum atomic E-state index is 2.36. The van der Waals surface area contributed by atoms with Crippen LogP contribution in [0.4, 0.5) is 0 Å². The Morgan fingerprint density at radius 2 is 1.20 bits per heavy atom. The van der Waals surface area contributed by atoms with Gasteiger partial charge in [0.1, 0.15) is 0 Å². The Hall–Kier alpha value is -0.520. The lowest BCUT2D eigenvalue weighted by Gasteiger charge is -2.01. The highest BCUT2D eigenvalue weighted by Crippen LogP contribution is 2.12. The SMILES string of the molecule is C/C=C(\C)C/C=C/CCCCCCCCCCCCC. The van der Waals surface area contributed by atoms with Gasteiger partial charge in [-0.2, -0.15) is 0 Å². The fourth-order valence-corrected chi connectivity index (χ4v) is 2.43. The molecule has 0 aromatic rings. The minimum atomic E-state index is 1.13. The molecule has 0 aliphatic carbocycles. The van der Waals surface area contributed by atoms with E-state index in [9.17, 15) is 0 Å². The van der Waals surface area contributed by atoms with Gasteiger partial charge in [-0.3, -0.25) is 0 Å². The minimum Gasteiger partial charge on any atom is -0.0884 e. The summed E-state index contributed by atoms with van der Waals surface area (Å²) in [5.74, 6) is 0. The van der Waals surface area contributed by atoms with Gasteiger partial charge in [0.25, 0.3) is 0 Å². The predicted molar refractivity (Wildman–Crippen MR) is 94.3 cm³/mol. The van der Waals surface area contributed by atoms with Gasteiger partial charge in [-0.15, -0.1) is 0 Å². The summed E-state index contributed by atoms with van der Waals surface area (Å²) in [6, 6.07) is 0. The first-order chi connectivity index (χ1) is 9.81. The first-order valence-electron chi connectivity index (χ1n) is 9.08. The normalized spacial score (nSPS) is 12.4. The molecular formula is C20H38. The number of hydrogen-bond donors (Lipinski definition) is 0. The zero-order valence-electron chi connectivity index (χ0n) is 14.4. The van der Waals surface area contributed by atoms with Crippen LogP contribution in [0.2, 0.25) is 0 Å². The van der Waals surface area contributed by atoms with Crippen molar-refractivity contribution in [3.63, 3.8) is 0 Å². The third-order valence-corrected chi connectivity index (χ3v) is 4.07. The highest BCUT2D eigenvalue weighted by atomic mass is 14.0. The molecule has 0 bridgehead atoms. The standard InChI is InChI=1S/C20H38/c1-4-6-7-8-9-10-11-12-13-14-15-16-17-18-19-20(3)5-2/h5,17-18H,4,6-16,19H2,1-3H3/b18-17+,20-5+. The predicted octanol–water partition coefficient (Wildman–Crippen LogP) is 7.60. The van der Waals surface area contributed by atoms with Crippen molar-refractivity contribution in [2.24, 2.45) is 0 Å². The summed E-state index contributed by atoms with van der Waals surface area (Å²) in [5.41, 5.74) is 1.47. The van der Waals surface area contributed by atoms with Crippen LogP contribution in [0, 0.1) is 0 Å². The molecule has 0 radical (unpaired) electrons. The van der Waals surface area contributed by atoms with Crippen LogP contribution in [0.25, 0.3) is 0 Å². The maximum Gasteiger partial charge on any atom is -0.0142 e. The van der Waals surface area contributed by atoms with E-state index in [1.165, 1.54) is 82.6 Å². The molecule has 0 spiro atoms. The molecule has 0 N–H and O–H groups in total. The molecule has 0 fully saturated rings. The van der Waals surface area contributed by atoms with Crippen molar-refractivity contribution in [3.8, 4) is 0 Å². The molecule has 0 rings (SSSR count). The van der Waals surface area contributed by atoms with E-state index in [4.69, 9.17) is 0 Å². The van der Waals surface area contributed by atoms with Crippen molar-refractivity contribution in [1.82, 2.24) is 0 Å².